The normalized spacial score (nSPS) is 11.9. The van der Waals surface area contributed by atoms with Crippen LogP contribution in [-0.2, 0) is 16.1 Å². The number of rotatable bonds is 9. The number of nitrogens with one attached hydrogen (secondary N) is 1. The molecule has 196 valence electrons. The molecule has 0 radical (unpaired) electrons. The lowest BCUT2D eigenvalue weighted by Gasteiger charge is -2.19. The van der Waals surface area contributed by atoms with Crippen molar-refractivity contribution < 1.29 is 33.0 Å². The quantitative estimate of drug-likeness (QED) is 0.311. The van der Waals surface area contributed by atoms with Gasteiger partial charge in [-0.05, 0) is 36.6 Å². The Hall–Kier alpha value is -3.63. The highest BCUT2D eigenvalue weighted by Gasteiger charge is 2.19. The van der Waals surface area contributed by atoms with Crippen LogP contribution in [0, 0.1) is 17.0 Å². The van der Waals surface area contributed by atoms with Gasteiger partial charge in [0.25, 0.3) is 5.91 Å². The number of nitrogens with zero attached hydrogens (tertiary/aromatic N) is 1. The van der Waals surface area contributed by atoms with Gasteiger partial charge in [0.1, 0.15) is 17.4 Å². The first-order valence-electron chi connectivity index (χ1n) is 11.3. The summed E-state index contributed by atoms with van der Waals surface area (Å²) < 4.78 is 40.3. The van der Waals surface area contributed by atoms with Gasteiger partial charge in [-0.3, -0.25) is 10.1 Å². The average molecular weight is 531 g/mol. The summed E-state index contributed by atoms with van der Waals surface area (Å²) in [6.45, 7) is 8.40. The molecule has 0 spiro atoms. The SMILES string of the molecule is COc1c(COCC(C)(C)C)cccc1-c1csc(NC(=O)c2cc(F)c(/C=C(\C)C(=O)O)c(F)c2)n1. The van der Waals surface area contributed by atoms with Gasteiger partial charge >= 0.3 is 5.97 Å². The molecule has 0 bridgehead atoms. The second kappa shape index (κ2) is 11.6. The summed E-state index contributed by atoms with van der Waals surface area (Å²) in [5.74, 6) is -3.58. The minimum Gasteiger partial charge on any atom is -0.496 e. The van der Waals surface area contributed by atoms with Crippen LogP contribution in [0.15, 0.2) is 41.3 Å². The Morgan fingerprint density at radius 1 is 1.19 bits per heavy atom. The third-order valence-corrected chi connectivity index (χ3v) is 5.89. The molecule has 0 aliphatic rings. The number of hydrogen-bond acceptors (Lipinski definition) is 6. The minimum atomic E-state index is -1.31. The summed E-state index contributed by atoms with van der Waals surface area (Å²) in [4.78, 5) is 28.0. The van der Waals surface area contributed by atoms with Crippen molar-refractivity contribution in [2.45, 2.75) is 34.3 Å². The number of hydrogen-bond donors (Lipinski definition) is 2. The van der Waals surface area contributed by atoms with Crippen LogP contribution in [0.2, 0.25) is 0 Å². The molecule has 0 aliphatic carbocycles. The number of halogens is 2. The van der Waals surface area contributed by atoms with Gasteiger partial charge in [-0.1, -0.05) is 32.9 Å². The van der Waals surface area contributed by atoms with Crippen molar-refractivity contribution in [1.29, 1.82) is 0 Å². The van der Waals surface area contributed by atoms with Gasteiger partial charge in [0, 0.05) is 33.2 Å². The van der Waals surface area contributed by atoms with Crippen LogP contribution >= 0.6 is 11.3 Å². The van der Waals surface area contributed by atoms with Crippen LogP contribution < -0.4 is 10.1 Å². The number of amides is 1. The van der Waals surface area contributed by atoms with E-state index in [2.05, 4.69) is 31.1 Å². The predicted molar refractivity (Wildman–Crippen MR) is 139 cm³/mol. The highest BCUT2D eigenvalue weighted by Crippen LogP contribution is 2.35. The fraction of sp³-hybridized carbons (Fsp3) is 0.296. The summed E-state index contributed by atoms with van der Waals surface area (Å²) in [7, 11) is 1.56. The van der Waals surface area contributed by atoms with E-state index >= 15 is 0 Å². The average Bonchev–Trinajstić information content (AvgIpc) is 3.28. The molecule has 0 fully saturated rings. The van der Waals surface area contributed by atoms with Crippen molar-refractivity contribution in [3.8, 4) is 17.0 Å². The van der Waals surface area contributed by atoms with Gasteiger partial charge in [-0.2, -0.15) is 0 Å². The fourth-order valence-corrected chi connectivity index (χ4v) is 4.07. The lowest BCUT2D eigenvalue weighted by atomic mass is 9.99. The molecule has 0 unspecified atom stereocenters. The molecule has 3 rings (SSSR count). The van der Waals surface area contributed by atoms with Gasteiger partial charge in [0.2, 0.25) is 0 Å². The van der Waals surface area contributed by atoms with E-state index in [1.54, 1.807) is 12.5 Å². The van der Waals surface area contributed by atoms with Crippen molar-refractivity contribution in [3.63, 3.8) is 0 Å². The number of methoxy groups -OCH3 is 1. The van der Waals surface area contributed by atoms with Crippen molar-refractivity contribution in [3.05, 3.63) is 69.6 Å². The van der Waals surface area contributed by atoms with E-state index in [1.807, 2.05) is 18.2 Å². The topological polar surface area (TPSA) is 97.8 Å². The summed E-state index contributed by atoms with van der Waals surface area (Å²) >= 11 is 1.14. The monoisotopic (exact) mass is 530 g/mol. The van der Waals surface area contributed by atoms with Crippen molar-refractivity contribution >= 4 is 34.4 Å². The zero-order chi connectivity index (χ0) is 27.3. The molecule has 2 N–H and O–H groups in total. The summed E-state index contributed by atoms with van der Waals surface area (Å²) in [5.41, 5.74) is 1.08. The second-order valence-corrected chi connectivity index (χ2v) is 10.4. The predicted octanol–water partition coefficient (Wildman–Crippen LogP) is 6.40. The third-order valence-electron chi connectivity index (χ3n) is 5.13. The number of carbonyl (C=O) groups is 2. The largest absolute Gasteiger partial charge is 0.496 e. The van der Waals surface area contributed by atoms with Gasteiger partial charge in [-0.25, -0.2) is 18.6 Å². The van der Waals surface area contributed by atoms with E-state index in [0.29, 0.717) is 30.2 Å². The number of anilines is 1. The Morgan fingerprint density at radius 3 is 2.46 bits per heavy atom. The first-order chi connectivity index (χ1) is 17.4. The molecule has 1 amide bonds. The molecule has 10 heteroatoms. The van der Waals surface area contributed by atoms with E-state index in [9.17, 15) is 18.4 Å². The number of ether oxygens (including phenoxy) is 2. The molecular weight excluding hydrogens is 502 g/mol. The van der Waals surface area contributed by atoms with Gasteiger partial charge < -0.3 is 14.6 Å². The first kappa shape index (κ1) is 27.9. The number of carboxylic acid groups (broad SMARTS) is 1. The summed E-state index contributed by atoms with van der Waals surface area (Å²) in [5, 5.41) is 13.4. The van der Waals surface area contributed by atoms with Crippen LogP contribution in [0.1, 0.15) is 49.2 Å². The third kappa shape index (κ3) is 7.21. The highest BCUT2D eigenvalue weighted by molar-refractivity contribution is 7.14. The molecular formula is C27H28F2N2O5S. The number of thiazole rings is 1. The second-order valence-electron chi connectivity index (χ2n) is 9.53. The van der Waals surface area contributed by atoms with E-state index in [-0.39, 0.29) is 21.7 Å². The maximum atomic E-state index is 14.4. The summed E-state index contributed by atoms with van der Waals surface area (Å²) in [6, 6.07) is 7.29. The Labute approximate surface area is 217 Å². The van der Waals surface area contributed by atoms with Crippen molar-refractivity contribution in [1.82, 2.24) is 4.98 Å². The van der Waals surface area contributed by atoms with E-state index in [0.717, 1.165) is 35.1 Å². The molecule has 0 saturated heterocycles. The van der Waals surface area contributed by atoms with E-state index in [4.69, 9.17) is 14.6 Å². The van der Waals surface area contributed by atoms with Gasteiger partial charge in [0.05, 0.1) is 26.0 Å². The number of aliphatic carboxylic acids is 1. The Bertz CT molecular complexity index is 1320. The summed E-state index contributed by atoms with van der Waals surface area (Å²) in [6.07, 6.45) is 0.872. The molecule has 0 atom stereocenters. The fourth-order valence-electron chi connectivity index (χ4n) is 3.36. The molecule has 0 saturated carbocycles. The highest BCUT2D eigenvalue weighted by atomic mass is 32.1. The number of benzene rings is 2. The Balaban J connectivity index is 1.79. The molecule has 37 heavy (non-hydrogen) atoms. The molecule has 7 nitrogen and oxygen atoms in total. The molecule has 1 heterocycles. The van der Waals surface area contributed by atoms with Crippen LogP contribution in [0.5, 0.6) is 5.75 Å². The maximum absolute atomic E-state index is 14.4. The van der Waals surface area contributed by atoms with Crippen LogP contribution in [0.4, 0.5) is 13.9 Å². The van der Waals surface area contributed by atoms with E-state index in [1.165, 1.54) is 6.92 Å². The number of carboxylic acids is 1. The molecule has 0 aliphatic heterocycles. The van der Waals surface area contributed by atoms with E-state index < -0.39 is 29.1 Å². The lowest BCUT2D eigenvalue weighted by Crippen LogP contribution is -2.14. The standard InChI is InChI=1S/C27H28F2N2O5S/c1-15(25(33)34)9-19-20(28)10-17(11-21(19)29)24(32)31-26-30-22(13-37-26)18-8-6-7-16(23(18)35-5)12-36-14-27(2,3)4/h6-11,13H,12,14H2,1-5H3,(H,33,34)(H,30,31,32)/b15-9+. The number of para-hydroxylation sites is 1. The zero-order valence-corrected chi connectivity index (χ0v) is 22.0. The zero-order valence-electron chi connectivity index (χ0n) is 21.1. The first-order valence-corrected chi connectivity index (χ1v) is 12.2. The maximum Gasteiger partial charge on any atom is 0.331 e. The molecule has 1 aromatic heterocycles. The van der Waals surface area contributed by atoms with Crippen molar-refractivity contribution in [2.75, 3.05) is 19.0 Å². The van der Waals surface area contributed by atoms with Gasteiger partial charge in [-0.15, -0.1) is 11.3 Å². The Kier molecular flexibility index (Phi) is 8.77. The number of aromatic nitrogens is 1. The van der Waals surface area contributed by atoms with Crippen molar-refractivity contribution in [2.24, 2.45) is 5.41 Å². The van der Waals surface area contributed by atoms with Gasteiger partial charge in [0.15, 0.2) is 5.13 Å². The van der Waals surface area contributed by atoms with Crippen LogP contribution in [-0.4, -0.2) is 35.7 Å². The number of carbonyl (C=O) groups excluding carboxylic acids is 1. The Morgan fingerprint density at radius 2 is 1.86 bits per heavy atom. The molecule has 2 aromatic carbocycles. The molecule has 3 aromatic rings. The smallest absolute Gasteiger partial charge is 0.331 e. The lowest BCUT2D eigenvalue weighted by molar-refractivity contribution is -0.132. The van der Waals surface area contributed by atoms with Crippen LogP contribution in [0.25, 0.3) is 17.3 Å². The van der Waals surface area contributed by atoms with Crippen LogP contribution in [0.3, 0.4) is 0 Å². The minimum absolute atomic E-state index is 0.0210.